The molecule has 0 atom stereocenters. The second kappa shape index (κ2) is 3.96. The Kier molecular flexibility index (Phi) is 2.68. The number of halogens is 1. The van der Waals surface area contributed by atoms with Crippen LogP contribution in [0.2, 0.25) is 5.02 Å². The van der Waals surface area contributed by atoms with Crippen molar-refractivity contribution in [1.29, 1.82) is 0 Å². The first-order valence-electron chi connectivity index (χ1n) is 4.50. The van der Waals surface area contributed by atoms with E-state index < -0.39 is 0 Å². The highest BCUT2D eigenvalue weighted by Gasteiger charge is 2.21. The van der Waals surface area contributed by atoms with Gasteiger partial charge in [0.05, 0.1) is 16.9 Å². The van der Waals surface area contributed by atoms with Gasteiger partial charge in [-0.25, -0.2) is 0 Å². The van der Waals surface area contributed by atoms with Gasteiger partial charge in [-0.2, -0.15) is 0 Å². The molecule has 0 aromatic carbocycles. The molecule has 14 heavy (non-hydrogen) atoms. The maximum atomic E-state index is 11.6. The van der Waals surface area contributed by atoms with Gasteiger partial charge in [0, 0.05) is 19.2 Å². The van der Waals surface area contributed by atoms with Gasteiger partial charge in [-0.1, -0.05) is 11.6 Å². The second-order valence-electron chi connectivity index (χ2n) is 3.16. The number of hydrogen-bond donors (Lipinski definition) is 0. The summed E-state index contributed by atoms with van der Waals surface area (Å²) in [5, 5.41) is 0.573. The number of piperidine rings is 1. The van der Waals surface area contributed by atoms with Crippen LogP contribution in [0.25, 0.3) is 0 Å². The molecule has 0 N–H and O–H groups in total. The van der Waals surface area contributed by atoms with Crippen molar-refractivity contribution in [3.8, 4) is 0 Å². The Bertz CT molecular complexity index is 354. The number of carbonyl (C=O) groups excluding carboxylic acids is 1. The van der Waals surface area contributed by atoms with Gasteiger partial charge in [0.1, 0.15) is 0 Å². The van der Waals surface area contributed by atoms with Gasteiger partial charge in [-0.3, -0.25) is 9.78 Å². The van der Waals surface area contributed by atoms with Crippen molar-refractivity contribution in [3.63, 3.8) is 0 Å². The van der Waals surface area contributed by atoms with E-state index in [0.29, 0.717) is 23.7 Å². The third-order valence-corrected chi connectivity index (χ3v) is 2.53. The molecule has 3 nitrogen and oxygen atoms in total. The average molecular weight is 210 g/mol. The molecule has 1 amide bonds. The van der Waals surface area contributed by atoms with Crippen LogP contribution in [-0.2, 0) is 4.79 Å². The average Bonchev–Trinajstić information content (AvgIpc) is 2.20. The lowest BCUT2D eigenvalue weighted by molar-refractivity contribution is -0.119. The van der Waals surface area contributed by atoms with Crippen LogP contribution >= 0.6 is 11.6 Å². The van der Waals surface area contributed by atoms with E-state index in [1.807, 2.05) is 0 Å². The molecule has 73 valence electrons. The fourth-order valence-electron chi connectivity index (χ4n) is 1.48. The minimum Gasteiger partial charge on any atom is -0.309 e. The van der Waals surface area contributed by atoms with Crippen LogP contribution in [-0.4, -0.2) is 17.4 Å². The van der Waals surface area contributed by atoms with Crippen molar-refractivity contribution < 1.29 is 4.79 Å². The van der Waals surface area contributed by atoms with E-state index >= 15 is 0 Å². The standard InChI is InChI=1S/C10H10ClN2O/c11-8-4-5-12-7-9(8)13-6-2-1-3-10(13)14/h2,4-5,7H,1,3,6H2. The van der Waals surface area contributed by atoms with Crippen molar-refractivity contribution >= 4 is 23.2 Å². The normalized spacial score (nSPS) is 17.2. The highest BCUT2D eigenvalue weighted by atomic mass is 35.5. The number of anilines is 1. The second-order valence-corrected chi connectivity index (χ2v) is 3.57. The lowest BCUT2D eigenvalue weighted by atomic mass is 10.1. The maximum absolute atomic E-state index is 11.6. The summed E-state index contributed by atoms with van der Waals surface area (Å²) in [7, 11) is 0. The lowest BCUT2D eigenvalue weighted by Gasteiger charge is -2.26. The van der Waals surface area contributed by atoms with E-state index in [0.717, 1.165) is 6.42 Å². The van der Waals surface area contributed by atoms with Crippen LogP contribution in [0, 0.1) is 6.42 Å². The van der Waals surface area contributed by atoms with Crippen LogP contribution in [0.3, 0.4) is 0 Å². The first-order valence-corrected chi connectivity index (χ1v) is 4.88. The zero-order valence-electron chi connectivity index (χ0n) is 7.61. The lowest BCUT2D eigenvalue weighted by Crippen LogP contribution is -2.35. The Hall–Kier alpha value is -1.09. The summed E-state index contributed by atoms with van der Waals surface area (Å²) in [5.41, 5.74) is 0.704. The predicted molar refractivity (Wildman–Crippen MR) is 55.1 cm³/mol. The minimum atomic E-state index is 0.113. The molecule has 0 saturated carbocycles. The smallest absolute Gasteiger partial charge is 0.227 e. The number of amides is 1. The fourth-order valence-corrected chi connectivity index (χ4v) is 1.69. The Balaban J connectivity index is 2.29. The number of hydrogen-bond acceptors (Lipinski definition) is 2. The molecule has 0 bridgehead atoms. The maximum Gasteiger partial charge on any atom is 0.227 e. The molecule has 4 heteroatoms. The van der Waals surface area contributed by atoms with Crippen LogP contribution < -0.4 is 4.90 Å². The number of rotatable bonds is 1. The van der Waals surface area contributed by atoms with E-state index in [4.69, 9.17) is 11.6 Å². The molecule has 1 aliphatic rings. The summed E-state index contributed by atoms with van der Waals surface area (Å²) in [6, 6.07) is 1.69. The van der Waals surface area contributed by atoms with Crippen LogP contribution in [0.5, 0.6) is 0 Å². The summed E-state index contributed by atoms with van der Waals surface area (Å²) in [4.78, 5) is 17.2. The Labute approximate surface area is 87.7 Å². The zero-order valence-corrected chi connectivity index (χ0v) is 8.37. The molecule has 0 spiro atoms. The van der Waals surface area contributed by atoms with Crippen molar-refractivity contribution in [3.05, 3.63) is 29.9 Å². The molecule has 1 radical (unpaired) electrons. The fraction of sp³-hybridized carbons (Fsp3) is 0.300. The third-order valence-electron chi connectivity index (χ3n) is 2.21. The summed E-state index contributed by atoms with van der Waals surface area (Å²) >= 11 is 5.98. The molecule has 1 aromatic heterocycles. The van der Waals surface area contributed by atoms with Crippen molar-refractivity contribution in [2.24, 2.45) is 0 Å². The Morgan fingerprint density at radius 3 is 3.07 bits per heavy atom. The van der Waals surface area contributed by atoms with Crippen LogP contribution in [0.1, 0.15) is 12.8 Å². The third kappa shape index (κ3) is 1.73. The molecular formula is C10H10ClN2O. The molecule has 0 unspecified atom stereocenters. The molecule has 2 rings (SSSR count). The minimum absolute atomic E-state index is 0.113. The first kappa shape index (κ1) is 9.46. The highest BCUT2D eigenvalue weighted by Crippen LogP contribution is 2.26. The quantitative estimate of drug-likeness (QED) is 0.710. The molecule has 2 heterocycles. The van der Waals surface area contributed by atoms with E-state index in [-0.39, 0.29) is 5.91 Å². The molecule has 1 aliphatic heterocycles. The van der Waals surface area contributed by atoms with E-state index in [1.165, 1.54) is 0 Å². The van der Waals surface area contributed by atoms with Gasteiger partial charge in [0.2, 0.25) is 5.91 Å². The van der Waals surface area contributed by atoms with Crippen LogP contribution in [0.15, 0.2) is 18.5 Å². The Morgan fingerprint density at radius 2 is 2.36 bits per heavy atom. The van der Waals surface area contributed by atoms with E-state index in [2.05, 4.69) is 11.4 Å². The number of pyridine rings is 1. The van der Waals surface area contributed by atoms with Crippen molar-refractivity contribution in [2.45, 2.75) is 12.8 Å². The zero-order chi connectivity index (χ0) is 9.97. The summed E-state index contributed by atoms with van der Waals surface area (Å²) in [6.07, 6.45) is 6.73. The molecule has 1 saturated heterocycles. The first-order chi connectivity index (χ1) is 6.79. The molecule has 1 aromatic rings. The number of aromatic nitrogens is 1. The number of nitrogens with zero attached hydrogens (tertiary/aromatic N) is 2. The number of carbonyl (C=O) groups is 1. The van der Waals surface area contributed by atoms with Gasteiger partial charge < -0.3 is 4.90 Å². The SMILES string of the molecule is O=C1CC[CH]CN1c1cnccc1Cl. The van der Waals surface area contributed by atoms with Gasteiger partial charge in [-0.15, -0.1) is 0 Å². The largest absolute Gasteiger partial charge is 0.309 e. The van der Waals surface area contributed by atoms with Crippen molar-refractivity contribution in [2.75, 3.05) is 11.4 Å². The van der Waals surface area contributed by atoms with Gasteiger partial charge >= 0.3 is 0 Å². The summed E-state index contributed by atoms with van der Waals surface area (Å²) < 4.78 is 0. The molecular weight excluding hydrogens is 200 g/mol. The monoisotopic (exact) mass is 209 g/mol. The van der Waals surface area contributed by atoms with E-state index in [9.17, 15) is 4.79 Å². The Morgan fingerprint density at radius 1 is 1.50 bits per heavy atom. The van der Waals surface area contributed by atoms with Crippen molar-refractivity contribution in [1.82, 2.24) is 4.98 Å². The van der Waals surface area contributed by atoms with E-state index in [1.54, 1.807) is 23.4 Å². The molecule has 0 aliphatic carbocycles. The van der Waals surface area contributed by atoms with Crippen LogP contribution in [0.4, 0.5) is 5.69 Å². The highest BCUT2D eigenvalue weighted by molar-refractivity contribution is 6.33. The van der Waals surface area contributed by atoms with Gasteiger partial charge in [-0.05, 0) is 18.9 Å². The van der Waals surface area contributed by atoms with Gasteiger partial charge in [0.25, 0.3) is 0 Å². The molecule has 1 fully saturated rings. The topological polar surface area (TPSA) is 33.2 Å². The van der Waals surface area contributed by atoms with Gasteiger partial charge in [0.15, 0.2) is 0 Å². The predicted octanol–water partition coefficient (Wildman–Crippen LogP) is 2.07. The summed E-state index contributed by atoms with van der Waals surface area (Å²) in [5.74, 6) is 0.113. The summed E-state index contributed by atoms with van der Waals surface area (Å²) in [6.45, 7) is 0.629.